The van der Waals surface area contributed by atoms with Crippen molar-refractivity contribution in [2.24, 2.45) is 0 Å². The SMILES string of the molecule is CO[Si](O)(CCCCS)OC. The average molecular weight is 196 g/mol. The lowest BCUT2D eigenvalue weighted by Gasteiger charge is -2.18. The fraction of sp³-hybridized carbons (Fsp3) is 1.00. The van der Waals surface area contributed by atoms with Gasteiger partial charge in [-0.3, -0.25) is 0 Å². The van der Waals surface area contributed by atoms with Crippen molar-refractivity contribution in [3.05, 3.63) is 0 Å². The Bertz CT molecular complexity index is 97.8. The quantitative estimate of drug-likeness (QED) is 0.377. The standard InChI is InChI=1S/C6H16O3SSi/c1-8-11(7,9-2)6-4-3-5-10/h7,10H,3-6H2,1-2H3. The molecule has 0 saturated carbocycles. The second kappa shape index (κ2) is 6.02. The van der Waals surface area contributed by atoms with Crippen molar-refractivity contribution in [3.63, 3.8) is 0 Å². The monoisotopic (exact) mass is 196 g/mol. The van der Waals surface area contributed by atoms with Crippen molar-refractivity contribution < 1.29 is 13.6 Å². The second-order valence-electron chi connectivity index (χ2n) is 2.30. The Kier molecular flexibility index (Phi) is 6.26. The minimum atomic E-state index is -2.77. The molecule has 11 heavy (non-hydrogen) atoms. The molecule has 0 saturated heterocycles. The van der Waals surface area contributed by atoms with E-state index < -0.39 is 8.80 Å². The van der Waals surface area contributed by atoms with Crippen LogP contribution in [0.25, 0.3) is 0 Å². The molecule has 0 aliphatic carbocycles. The third-order valence-corrected chi connectivity index (χ3v) is 4.12. The number of hydrogen-bond acceptors (Lipinski definition) is 4. The maximum absolute atomic E-state index is 9.52. The van der Waals surface area contributed by atoms with E-state index in [0.717, 1.165) is 18.6 Å². The average Bonchev–Trinajstić information content (AvgIpc) is 2.05. The Balaban J connectivity index is 3.51. The van der Waals surface area contributed by atoms with Gasteiger partial charge in [-0.15, -0.1) is 0 Å². The van der Waals surface area contributed by atoms with Crippen LogP contribution in [-0.4, -0.2) is 33.6 Å². The largest absolute Gasteiger partial charge is 0.497 e. The molecule has 0 atom stereocenters. The summed E-state index contributed by atoms with van der Waals surface area (Å²) in [5.41, 5.74) is 0. The predicted octanol–water partition coefficient (Wildman–Crippen LogP) is 0.920. The van der Waals surface area contributed by atoms with E-state index in [1.807, 2.05) is 0 Å². The van der Waals surface area contributed by atoms with Gasteiger partial charge in [-0.25, -0.2) is 0 Å². The minimum absolute atomic E-state index is 0.626. The molecule has 0 unspecified atom stereocenters. The molecule has 0 aliphatic heterocycles. The summed E-state index contributed by atoms with van der Waals surface area (Å²) in [4.78, 5) is 9.52. The van der Waals surface area contributed by atoms with Crippen LogP contribution in [0.4, 0.5) is 0 Å². The Morgan fingerprint density at radius 3 is 2.18 bits per heavy atom. The Hall–Kier alpha value is 0.447. The zero-order valence-corrected chi connectivity index (χ0v) is 8.93. The molecular weight excluding hydrogens is 180 g/mol. The highest BCUT2D eigenvalue weighted by molar-refractivity contribution is 7.80. The molecule has 0 aromatic carbocycles. The third-order valence-electron chi connectivity index (χ3n) is 1.54. The number of hydrogen-bond donors (Lipinski definition) is 2. The first-order valence-electron chi connectivity index (χ1n) is 3.62. The smallest absolute Gasteiger partial charge is 0.390 e. The molecule has 3 nitrogen and oxygen atoms in total. The van der Waals surface area contributed by atoms with Gasteiger partial charge in [0.25, 0.3) is 0 Å². The molecule has 0 aromatic rings. The molecule has 0 heterocycles. The topological polar surface area (TPSA) is 38.7 Å². The van der Waals surface area contributed by atoms with Crippen molar-refractivity contribution >= 4 is 21.4 Å². The van der Waals surface area contributed by atoms with Crippen molar-refractivity contribution in [1.82, 2.24) is 0 Å². The van der Waals surface area contributed by atoms with Gasteiger partial charge in [-0.2, -0.15) is 12.6 Å². The van der Waals surface area contributed by atoms with E-state index in [9.17, 15) is 4.80 Å². The predicted molar refractivity (Wildman–Crippen MR) is 49.9 cm³/mol. The van der Waals surface area contributed by atoms with Gasteiger partial charge in [-0.05, 0) is 18.6 Å². The Morgan fingerprint density at radius 1 is 1.27 bits per heavy atom. The summed E-state index contributed by atoms with van der Waals surface area (Å²) in [6.07, 6.45) is 1.90. The van der Waals surface area contributed by atoms with Crippen molar-refractivity contribution in [2.45, 2.75) is 18.9 Å². The Morgan fingerprint density at radius 2 is 1.82 bits per heavy atom. The van der Waals surface area contributed by atoms with Gasteiger partial charge in [0.1, 0.15) is 0 Å². The molecule has 0 amide bonds. The lowest BCUT2D eigenvalue weighted by molar-refractivity contribution is 0.150. The highest BCUT2D eigenvalue weighted by atomic mass is 32.1. The van der Waals surface area contributed by atoms with E-state index in [-0.39, 0.29) is 0 Å². The molecule has 68 valence electrons. The summed E-state index contributed by atoms with van der Waals surface area (Å²) in [6.45, 7) is 0. The van der Waals surface area contributed by atoms with E-state index in [4.69, 9.17) is 8.85 Å². The maximum Gasteiger partial charge on any atom is 0.497 e. The first-order chi connectivity index (χ1) is 5.18. The van der Waals surface area contributed by atoms with Gasteiger partial charge in [0.2, 0.25) is 0 Å². The third kappa shape index (κ3) is 4.81. The van der Waals surface area contributed by atoms with Crippen LogP contribution in [0.3, 0.4) is 0 Å². The van der Waals surface area contributed by atoms with Gasteiger partial charge < -0.3 is 13.6 Å². The lowest BCUT2D eigenvalue weighted by atomic mass is 10.4. The highest BCUT2D eigenvalue weighted by Gasteiger charge is 2.32. The zero-order chi connectivity index (χ0) is 8.74. The minimum Gasteiger partial charge on any atom is -0.390 e. The lowest BCUT2D eigenvalue weighted by Crippen LogP contribution is -2.39. The summed E-state index contributed by atoms with van der Waals surface area (Å²) >= 11 is 4.06. The van der Waals surface area contributed by atoms with E-state index in [1.165, 1.54) is 14.2 Å². The number of unbranched alkanes of at least 4 members (excludes halogenated alkanes) is 1. The van der Waals surface area contributed by atoms with Gasteiger partial charge in [0, 0.05) is 20.3 Å². The van der Waals surface area contributed by atoms with Crippen molar-refractivity contribution in [2.75, 3.05) is 20.0 Å². The number of rotatable bonds is 6. The molecule has 0 fully saturated rings. The van der Waals surface area contributed by atoms with Gasteiger partial charge in [-0.1, -0.05) is 0 Å². The van der Waals surface area contributed by atoms with Crippen LogP contribution >= 0.6 is 12.6 Å². The zero-order valence-electron chi connectivity index (χ0n) is 7.04. The first-order valence-corrected chi connectivity index (χ1v) is 6.22. The van der Waals surface area contributed by atoms with Crippen LogP contribution < -0.4 is 0 Å². The molecule has 1 N–H and O–H groups in total. The maximum atomic E-state index is 9.52. The van der Waals surface area contributed by atoms with Crippen molar-refractivity contribution in [3.8, 4) is 0 Å². The van der Waals surface area contributed by atoms with E-state index in [0.29, 0.717) is 6.04 Å². The molecule has 0 aromatic heterocycles. The van der Waals surface area contributed by atoms with Crippen LogP contribution in [-0.2, 0) is 8.85 Å². The molecule has 5 heteroatoms. The highest BCUT2D eigenvalue weighted by Crippen LogP contribution is 2.12. The fourth-order valence-corrected chi connectivity index (χ4v) is 2.24. The van der Waals surface area contributed by atoms with Gasteiger partial charge in [0.05, 0.1) is 0 Å². The molecular formula is C6H16O3SSi. The summed E-state index contributed by atoms with van der Waals surface area (Å²) in [5, 5.41) is 0. The second-order valence-corrected chi connectivity index (χ2v) is 5.49. The van der Waals surface area contributed by atoms with Gasteiger partial charge >= 0.3 is 8.80 Å². The van der Waals surface area contributed by atoms with E-state index in [2.05, 4.69) is 12.6 Å². The summed E-state index contributed by atoms with van der Waals surface area (Å²) < 4.78 is 9.76. The summed E-state index contributed by atoms with van der Waals surface area (Å²) in [5.74, 6) is 0.845. The summed E-state index contributed by atoms with van der Waals surface area (Å²) in [7, 11) is 0.197. The van der Waals surface area contributed by atoms with Crippen LogP contribution in [0.5, 0.6) is 0 Å². The van der Waals surface area contributed by atoms with E-state index >= 15 is 0 Å². The fourth-order valence-electron chi connectivity index (χ4n) is 0.748. The van der Waals surface area contributed by atoms with Crippen molar-refractivity contribution in [1.29, 1.82) is 0 Å². The number of thiol groups is 1. The van der Waals surface area contributed by atoms with Crippen LogP contribution in [0.1, 0.15) is 12.8 Å². The van der Waals surface area contributed by atoms with Gasteiger partial charge in [0.15, 0.2) is 0 Å². The first kappa shape index (κ1) is 11.4. The molecule has 0 bridgehead atoms. The Labute approximate surface area is 74.5 Å². The van der Waals surface area contributed by atoms with E-state index in [1.54, 1.807) is 0 Å². The molecule has 0 aliphatic rings. The molecule has 0 rings (SSSR count). The van der Waals surface area contributed by atoms with Crippen LogP contribution in [0, 0.1) is 0 Å². The van der Waals surface area contributed by atoms with Crippen LogP contribution in [0.2, 0.25) is 6.04 Å². The van der Waals surface area contributed by atoms with Crippen LogP contribution in [0.15, 0.2) is 0 Å². The normalized spacial score (nSPS) is 12.0. The molecule has 0 spiro atoms. The summed E-state index contributed by atoms with van der Waals surface area (Å²) in [6, 6.07) is 0.626. The molecule has 0 radical (unpaired) electrons.